The fourth-order valence-electron chi connectivity index (χ4n) is 0.822. The van der Waals surface area contributed by atoms with Crippen molar-refractivity contribution in [3.8, 4) is 0 Å². The third kappa shape index (κ3) is 3.83. The molecule has 0 bridgehead atoms. The Morgan fingerprint density at radius 2 is 2.13 bits per heavy atom. The van der Waals surface area contributed by atoms with Crippen molar-refractivity contribution in [1.29, 1.82) is 0 Å². The second-order valence-electron chi connectivity index (χ2n) is 4.01. The van der Waals surface area contributed by atoms with Crippen LogP contribution in [0.2, 0.25) is 0 Å². The SMILES string of the molecule is Cc1nc(NC(=O)OC(C)(C)C)sc1F. The number of aromatic nitrogens is 1. The Hall–Kier alpha value is -1.17. The van der Waals surface area contributed by atoms with Crippen molar-refractivity contribution < 1.29 is 13.9 Å². The number of carbonyl (C=O) groups is 1. The lowest BCUT2D eigenvalue weighted by molar-refractivity contribution is 0.0636. The summed E-state index contributed by atoms with van der Waals surface area (Å²) in [5.41, 5.74) is -0.305. The molecule has 0 saturated heterocycles. The number of ether oxygens (including phenoxy) is 1. The van der Waals surface area contributed by atoms with Crippen molar-refractivity contribution in [2.24, 2.45) is 0 Å². The minimum Gasteiger partial charge on any atom is -0.444 e. The number of anilines is 1. The maximum Gasteiger partial charge on any atom is 0.413 e. The van der Waals surface area contributed by atoms with Gasteiger partial charge in [0.05, 0.1) is 5.69 Å². The van der Waals surface area contributed by atoms with Crippen molar-refractivity contribution in [3.05, 3.63) is 10.8 Å². The number of rotatable bonds is 1. The number of carbonyl (C=O) groups excluding carboxylic acids is 1. The number of aryl methyl sites for hydroxylation is 1. The van der Waals surface area contributed by atoms with Crippen LogP contribution in [0, 0.1) is 12.1 Å². The molecule has 15 heavy (non-hydrogen) atoms. The minimum absolute atomic E-state index is 0.208. The number of nitrogens with one attached hydrogen (secondary N) is 1. The zero-order valence-corrected chi connectivity index (χ0v) is 9.87. The maximum absolute atomic E-state index is 12.9. The summed E-state index contributed by atoms with van der Waals surface area (Å²) >= 11 is 0.779. The number of hydrogen-bond donors (Lipinski definition) is 1. The van der Waals surface area contributed by atoms with Gasteiger partial charge in [-0.15, -0.1) is 0 Å². The van der Waals surface area contributed by atoms with Crippen LogP contribution in [-0.2, 0) is 4.74 Å². The number of thiazole rings is 1. The normalized spacial score (nSPS) is 11.3. The average molecular weight is 232 g/mol. The van der Waals surface area contributed by atoms with Gasteiger partial charge in [-0.3, -0.25) is 5.32 Å². The molecule has 0 aromatic carbocycles. The van der Waals surface area contributed by atoms with E-state index in [0.717, 1.165) is 11.3 Å². The fourth-order valence-corrected chi connectivity index (χ4v) is 1.50. The number of nitrogens with zero attached hydrogens (tertiary/aromatic N) is 1. The van der Waals surface area contributed by atoms with Crippen LogP contribution in [0.1, 0.15) is 26.5 Å². The summed E-state index contributed by atoms with van der Waals surface area (Å²) in [6, 6.07) is 0. The Kier molecular flexibility index (Phi) is 3.28. The van der Waals surface area contributed by atoms with Crippen LogP contribution in [0.4, 0.5) is 14.3 Å². The molecule has 0 unspecified atom stereocenters. The summed E-state index contributed by atoms with van der Waals surface area (Å²) in [6.07, 6.45) is -0.628. The molecule has 4 nitrogen and oxygen atoms in total. The van der Waals surface area contributed by atoms with Gasteiger partial charge in [-0.1, -0.05) is 11.3 Å². The highest BCUT2D eigenvalue weighted by Crippen LogP contribution is 2.20. The van der Waals surface area contributed by atoms with E-state index >= 15 is 0 Å². The lowest BCUT2D eigenvalue weighted by Gasteiger charge is -2.18. The van der Waals surface area contributed by atoms with Gasteiger partial charge in [0.25, 0.3) is 0 Å². The van der Waals surface area contributed by atoms with Gasteiger partial charge in [0.1, 0.15) is 5.60 Å². The average Bonchev–Trinajstić information content (AvgIpc) is 2.26. The Balaban J connectivity index is 2.59. The van der Waals surface area contributed by atoms with Gasteiger partial charge in [-0.05, 0) is 27.7 Å². The van der Waals surface area contributed by atoms with Crippen LogP contribution in [0.5, 0.6) is 0 Å². The lowest BCUT2D eigenvalue weighted by Crippen LogP contribution is -2.27. The Morgan fingerprint density at radius 1 is 1.53 bits per heavy atom. The summed E-state index contributed by atoms with van der Waals surface area (Å²) in [4.78, 5) is 15.1. The molecule has 0 spiro atoms. The van der Waals surface area contributed by atoms with Crippen molar-refractivity contribution >= 4 is 22.6 Å². The van der Waals surface area contributed by atoms with Crippen molar-refractivity contribution in [1.82, 2.24) is 4.98 Å². The van der Waals surface area contributed by atoms with Gasteiger partial charge in [0.2, 0.25) is 5.13 Å². The Bertz CT molecular complexity index is 351. The van der Waals surface area contributed by atoms with Crippen molar-refractivity contribution in [3.63, 3.8) is 0 Å². The molecule has 84 valence electrons. The number of amides is 1. The predicted molar refractivity (Wildman–Crippen MR) is 56.7 cm³/mol. The summed E-state index contributed by atoms with van der Waals surface area (Å²) in [5, 5.41) is 2.17. The van der Waals surface area contributed by atoms with E-state index in [4.69, 9.17) is 4.74 Å². The van der Waals surface area contributed by atoms with Crippen molar-refractivity contribution in [2.45, 2.75) is 33.3 Å². The molecular formula is C9H13FN2O2S. The quantitative estimate of drug-likeness (QED) is 0.809. The molecule has 1 aromatic heterocycles. The van der Waals surface area contributed by atoms with Crippen LogP contribution >= 0.6 is 11.3 Å². The number of halogens is 1. The van der Waals surface area contributed by atoms with Gasteiger partial charge in [0.15, 0.2) is 5.13 Å². The molecule has 1 rings (SSSR count). The monoisotopic (exact) mass is 232 g/mol. The van der Waals surface area contributed by atoms with Crippen LogP contribution in [0.25, 0.3) is 0 Å². The molecule has 0 atom stereocenters. The third-order valence-corrected chi connectivity index (χ3v) is 2.21. The second kappa shape index (κ2) is 4.14. The molecule has 0 radical (unpaired) electrons. The van der Waals surface area contributed by atoms with Gasteiger partial charge in [-0.25, -0.2) is 9.78 Å². The van der Waals surface area contributed by atoms with Gasteiger partial charge < -0.3 is 4.74 Å². The summed E-state index contributed by atoms with van der Waals surface area (Å²) < 4.78 is 17.9. The van der Waals surface area contributed by atoms with E-state index < -0.39 is 16.8 Å². The fraction of sp³-hybridized carbons (Fsp3) is 0.556. The molecule has 1 heterocycles. The molecule has 0 saturated carbocycles. The molecule has 0 fully saturated rings. The first-order chi connectivity index (χ1) is 6.78. The first-order valence-corrected chi connectivity index (χ1v) is 5.22. The van der Waals surface area contributed by atoms with E-state index in [1.807, 2.05) is 0 Å². The van der Waals surface area contributed by atoms with E-state index in [0.29, 0.717) is 0 Å². The zero-order valence-electron chi connectivity index (χ0n) is 9.05. The molecule has 1 amide bonds. The van der Waals surface area contributed by atoms with E-state index in [9.17, 15) is 9.18 Å². The molecule has 1 aromatic rings. The van der Waals surface area contributed by atoms with Gasteiger partial charge >= 0.3 is 6.09 Å². The van der Waals surface area contributed by atoms with E-state index in [-0.39, 0.29) is 10.8 Å². The standard InChI is InChI=1S/C9H13FN2O2S/c1-5-6(10)15-7(11-5)12-8(13)14-9(2,3)4/h1-4H3,(H,11,12,13). The van der Waals surface area contributed by atoms with Crippen LogP contribution < -0.4 is 5.32 Å². The highest BCUT2D eigenvalue weighted by molar-refractivity contribution is 7.14. The van der Waals surface area contributed by atoms with E-state index in [1.165, 1.54) is 6.92 Å². The molecular weight excluding hydrogens is 219 g/mol. The third-order valence-electron chi connectivity index (χ3n) is 1.35. The zero-order chi connectivity index (χ0) is 11.6. The van der Waals surface area contributed by atoms with Gasteiger partial charge in [-0.2, -0.15) is 4.39 Å². The summed E-state index contributed by atoms with van der Waals surface area (Å²) in [5.74, 6) is 0. The van der Waals surface area contributed by atoms with E-state index in [1.54, 1.807) is 20.8 Å². The Labute approximate surface area is 91.5 Å². The summed E-state index contributed by atoms with van der Waals surface area (Å²) in [7, 11) is 0. The second-order valence-corrected chi connectivity index (χ2v) is 4.95. The molecule has 0 aliphatic carbocycles. The molecule has 0 aliphatic heterocycles. The maximum atomic E-state index is 12.9. The minimum atomic E-state index is -0.628. The number of hydrogen-bond acceptors (Lipinski definition) is 4. The van der Waals surface area contributed by atoms with E-state index in [2.05, 4.69) is 10.3 Å². The highest BCUT2D eigenvalue weighted by Gasteiger charge is 2.17. The van der Waals surface area contributed by atoms with Crippen LogP contribution in [0.15, 0.2) is 0 Å². The molecule has 0 aliphatic rings. The van der Waals surface area contributed by atoms with Crippen molar-refractivity contribution in [2.75, 3.05) is 5.32 Å². The first kappa shape index (κ1) is 11.9. The largest absolute Gasteiger partial charge is 0.444 e. The lowest BCUT2D eigenvalue weighted by atomic mass is 10.2. The van der Waals surface area contributed by atoms with Crippen LogP contribution in [0.3, 0.4) is 0 Å². The first-order valence-electron chi connectivity index (χ1n) is 4.41. The molecule has 6 heteroatoms. The van der Waals surface area contributed by atoms with Crippen LogP contribution in [-0.4, -0.2) is 16.7 Å². The molecule has 1 N–H and O–H groups in total. The predicted octanol–water partition coefficient (Wildman–Crippen LogP) is 2.94. The Morgan fingerprint density at radius 3 is 2.53 bits per heavy atom. The summed E-state index contributed by atoms with van der Waals surface area (Å²) in [6.45, 7) is 6.78. The van der Waals surface area contributed by atoms with Gasteiger partial charge in [0, 0.05) is 0 Å². The topological polar surface area (TPSA) is 51.2 Å². The highest BCUT2D eigenvalue weighted by atomic mass is 32.1. The smallest absolute Gasteiger partial charge is 0.413 e.